The maximum atomic E-state index is 12.5. The molecule has 7 heteroatoms. The summed E-state index contributed by atoms with van der Waals surface area (Å²) in [5.74, 6) is -1.17. The van der Waals surface area contributed by atoms with Crippen molar-refractivity contribution >= 4 is 34.2 Å². The Balaban J connectivity index is 1.76. The average molecular weight is 339 g/mol. The monoisotopic (exact) mass is 339 g/mol. The van der Waals surface area contributed by atoms with Gasteiger partial charge in [-0.25, -0.2) is 4.79 Å². The van der Waals surface area contributed by atoms with E-state index >= 15 is 0 Å². The zero-order valence-electron chi connectivity index (χ0n) is 13.7. The highest BCUT2D eigenvalue weighted by Crippen LogP contribution is 2.27. The minimum absolute atomic E-state index is 0.0359. The van der Waals surface area contributed by atoms with Gasteiger partial charge in [-0.3, -0.25) is 14.6 Å². The first-order chi connectivity index (χ1) is 12.1. The molecule has 0 bridgehead atoms. The fourth-order valence-corrected chi connectivity index (χ4v) is 2.77. The van der Waals surface area contributed by atoms with Gasteiger partial charge in [-0.05, 0) is 12.1 Å². The number of esters is 1. The largest absolute Gasteiger partial charge is 0.466 e. The van der Waals surface area contributed by atoms with Crippen LogP contribution >= 0.6 is 0 Å². The van der Waals surface area contributed by atoms with E-state index in [4.69, 9.17) is 0 Å². The smallest absolute Gasteiger partial charge is 0.330 e. The van der Waals surface area contributed by atoms with E-state index in [2.05, 4.69) is 9.72 Å². The van der Waals surface area contributed by atoms with Crippen LogP contribution in [0.25, 0.3) is 10.8 Å². The van der Waals surface area contributed by atoms with Gasteiger partial charge in [-0.15, -0.1) is 0 Å². The molecule has 0 N–H and O–H groups in total. The van der Waals surface area contributed by atoms with Crippen LogP contribution in [0.3, 0.4) is 0 Å². The summed E-state index contributed by atoms with van der Waals surface area (Å²) in [5.41, 5.74) is 0.808. The first-order valence-electron chi connectivity index (χ1n) is 7.78. The predicted octanol–water partition coefficient (Wildman–Crippen LogP) is 1.14. The molecule has 0 aliphatic carbocycles. The molecule has 1 fully saturated rings. The molecule has 7 nitrogen and oxygen atoms in total. The number of nitrogens with zero attached hydrogens (tertiary/aromatic N) is 3. The highest BCUT2D eigenvalue weighted by atomic mass is 16.5. The van der Waals surface area contributed by atoms with Gasteiger partial charge in [-0.1, -0.05) is 12.1 Å². The molecule has 1 aliphatic heterocycles. The van der Waals surface area contributed by atoms with Gasteiger partial charge in [0.1, 0.15) is 6.54 Å². The Kier molecular flexibility index (Phi) is 4.74. The van der Waals surface area contributed by atoms with E-state index in [0.29, 0.717) is 13.1 Å². The van der Waals surface area contributed by atoms with Gasteiger partial charge in [0.2, 0.25) is 11.8 Å². The maximum absolute atomic E-state index is 12.5. The van der Waals surface area contributed by atoms with Gasteiger partial charge in [-0.2, -0.15) is 0 Å². The number of ether oxygens (including phenoxy) is 1. The Morgan fingerprint density at radius 2 is 2.04 bits per heavy atom. The highest BCUT2D eigenvalue weighted by molar-refractivity contribution is 6.06. The second-order valence-corrected chi connectivity index (χ2v) is 5.54. The number of pyridine rings is 1. The maximum Gasteiger partial charge on any atom is 0.330 e. The van der Waals surface area contributed by atoms with Crippen LogP contribution < -0.4 is 4.90 Å². The summed E-state index contributed by atoms with van der Waals surface area (Å²) in [6.07, 6.45) is 5.61. The molecule has 1 aromatic carbocycles. The summed E-state index contributed by atoms with van der Waals surface area (Å²) in [4.78, 5) is 42.9. The lowest BCUT2D eigenvalue weighted by molar-refractivity contribution is -0.135. The van der Waals surface area contributed by atoms with Gasteiger partial charge in [0.15, 0.2) is 0 Å². The molecule has 1 saturated heterocycles. The molecule has 25 heavy (non-hydrogen) atoms. The molecule has 2 amide bonds. The van der Waals surface area contributed by atoms with Crippen LogP contribution in [0.1, 0.15) is 0 Å². The van der Waals surface area contributed by atoms with E-state index in [-0.39, 0.29) is 18.4 Å². The first kappa shape index (κ1) is 16.6. The number of methoxy groups -OCH3 is 1. The molecule has 1 aliphatic rings. The van der Waals surface area contributed by atoms with Gasteiger partial charge in [0.25, 0.3) is 0 Å². The van der Waals surface area contributed by atoms with Crippen LogP contribution in [0.15, 0.2) is 48.8 Å². The molecule has 128 valence electrons. The zero-order chi connectivity index (χ0) is 17.8. The van der Waals surface area contributed by atoms with E-state index in [0.717, 1.165) is 28.6 Å². The van der Waals surface area contributed by atoms with Gasteiger partial charge in [0, 0.05) is 48.4 Å². The molecule has 0 unspecified atom stereocenters. The Morgan fingerprint density at radius 3 is 2.80 bits per heavy atom. The Hall–Kier alpha value is -3.22. The van der Waals surface area contributed by atoms with Crippen molar-refractivity contribution in [1.82, 2.24) is 9.88 Å². The van der Waals surface area contributed by atoms with E-state index in [1.54, 1.807) is 17.3 Å². The van der Waals surface area contributed by atoms with Crippen molar-refractivity contribution in [3.05, 3.63) is 48.8 Å². The van der Waals surface area contributed by atoms with Crippen molar-refractivity contribution in [3.63, 3.8) is 0 Å². The van der Waals surface area contributed by atoms with E-state index in [9.17, 15) is 14.4 Å². The van der Waals surface area contributed by atoms with Crippen LogP contribution in [0.2, 0.25) is 0 Å². The van der Waals surface area contributed by atoms with Gasteiger partial charge < -0.3 is 14.5 Å². The lowest BCUT2D eigenvalue weighted by atomic mass is 10.1. The quantitative estimate of drug-likeness (QED) is 0.619. The summed E-state index contributed by atoms with van der Waals surface area (Å²) in [6, 6.07) is 7.57. The topological polar surface area (TPSA) is 79.8 Å². The number of rotatable bonds is 3. The molecule has 0 atom stereocenters. The summed E-state index contributed by atoms with van der Waals surface area (Å²) >= 11 is 0. The highest BCUT2D eigenvalue weighted by Gasteiger charge is 2.28. The minimum atomic E-state index is -0.609. The lowest BCUT2D eigenvalue weighted by Crippen LogP contribution is -2.52. The van der Waals surface area contributed by atoms with Crippen molar-refractivity contribution < 1.29 is 19.1 Å². The summed E-state index contributed by atoms with van der Waals surface area (Å²) in [6.45, 7) is 0.738. The van der Waals surface area contributed by atoms with E-state index in [1.165, 1.54) is 12.0 Å². The number of anilines is 1. The molecule has 2 aromatic rings. The van der Waals surface area contributed by atoms with Gasteiger partial charge >= 0.3 is 5.97 Å². The number of fused-ring (bicyclic) bond motifs is 1. The third-order valence-electron chi connectivity index (χ3n) is 4.04. The Morgan fingerprint density at radius 1 is 1.20 bits per heavy atom. The molecule has 0 radical (unpaired) electrons. The van der Waals surface area contributed by atoms with Crippen molar-refractivity contribution in [2.45, 2.75) is 0 Å². The Labute approximate surface area is 144 Å². The minimum Gasteiger partial charge on any atom is -0.466 e. The standard InChI is InChI=1S/C18H17N3O4/c1-25-18(24)6-5-16(22)20-9-10-21(17(23)12-20)15-4-2-3-13-11-19-8-7-14(13)15/h2-8,11H,9-10,12H2,1H3/b6-5+. The number of aromatic nitrogens is 1. The van der Waals surface area contributed by atoms with Crippen molar-refractivity contribution in [2.24, 2.45) is 0 Å². The third-order valence-corrected chi connectivity index (χ3v) is 4.04. The second-order valence-electron chi connectivity index (χ2n) is 5.54. The molecular formula is C18H17N3O4. The fourth-order valence-electron chi connectivity index (χ4n) is 2.77. The van der Waals surface area contributed by atoms with E-state index < -0.39 is 5.97 Å². The number of amides is 2. The fraction of sp³-hybridized carbons (Fsp3) is 0.222. The van der Waals surface area contributed by atoms with Crippen molar-refractivity contribution in [2.75, 3.05) is 31.6 Å². The SMILES string of the molecule is COC(=O)/C=C/C(=O)N1CCN(c2cccc3cnccc23)C(=O)C1. The molecule has 0 saturated carbocycles. The van der Waals surface area contributed by atoms with E-state index in [1.807, 2.05) is 24.3 Å². The Bertz CT molecular complexity index is 857. The lowest BCUT2D eigenvalue weighted by Gasteiger charge is -2.34. The molecule has 3 rings (SSSR count). The molecule has 2 heterocycles. The normalized spacial score (nSPS) is 15.0. The number of carbonyl (C=O) groups is 3. The second kappa shape index (κ2) is 7.12. The van der Waals surface area contributed by atoms with Crippen LogP contribution in [0.4, 0.5) is 5.69 Å². The summed E-state index contributed by atoms with van der Waals surface area (Å²) in [5, 5.41) is 1.89. The van der Waals surface area contributed by atoms with Crippen molar-refractivity contribution in [1.29, 1.82) is 0 Å². The number of carbonyl (C=O) groups excluding carboxylic acids is 3. The third kappa shape index (κ3) is 3.50. The molecule has 0 spiro atoms. The number of hydrogen-bond acceptors (Lipinski definition) is 5. The summed E-state index contributed by atoms with van der Waals surface area (Å²) in [7, 11) is 1.24. The van der Waals surface area contributed by atoms with Crippen LogP contribution in [-0.4, -0.2) is 54.4 Å². The number of benzene rings is 1. The molecular weight excluding hydrogens is 322 g/mol. The van der Waals surface area contributed by atoms with Crippen LogP contribution in [-0.2, 0) is 19.1 Å². The van der Waals surface area contributed by atoms with Gasteiger partial charge in [0.05, 0.1) is 12.8 Å². The van der Waals surface area contributed by atoms with Crippen molar-refractivity contribution in [3.8, 4) is 0 Å². The molecule has 1 aromatic heterocycles. The average Bonchev–Trinajstić information content (AvgIpc) is 2.65. The first-order valence-corrected chi connectivity index (χ1v) is 7.78. The number of piperazine rings is 1. The predicted molar refractivity (Wildman–Crippen MR) is 91.8 cm³/mol. The zero-order valence-corrected chi connectivity index (χ0v) is 13.7. The van der Waals surface area contributed by atoms with Crippen LogP contribution in [0, 0.1) is 0 Å². The van der Waals surface area contributed by atoms with Crippen LogP contribution in [0.5, 0.6) is 0 Å². The summed E-state index contributed by atoms with van der Waals surface area (Å²) < 4.78 is 4.45. The number of hydrogen-bond donors (Lipinski definition) is 0.